The van der Waals surface area contributed by atoms with Crippen molar-refractivity contribution in [3.63, 3.8) is 0 Å². The van der Waals surface area contributed by atoms with E-state index >= 15 is 0 Å². The molecule has 3 heterocycles. The minimum atomic E-state index is -0.833. The zero-order valence-electron chi connectivity index (χ0n) is 19.2. The summed E-state index contributed by atoms with van der Waals surface area (Å²) in [6.07, 6.45) is 1.96. The third kappa shape index (κ3) is 7.00. The molecule has 2 aromatic rings. The van der Waals surface area contributed by atoms with Crippen molar-refractivity contribution < 1.29 is 23.9 Å². The molecule has 4 rings (SSSR count). The maximum absolute atomic E-state index is 12.9. The maximum atomic E-state index is 12.9. The SMILES string of the molecule is CC(=O)O.O=C(CCC(=O)N1C[C@@H]2C[C@H](C1)c1cccc(=O)n1C2)NCCc1ccc(F)cc1. The first-order valence-electron chi connectivity index (χ1n) is 11.4. The number of aromatic nitrogens is 1. The lowest BCUT2D eigenvalue weighted by Crippen LogP contribution is -2.49. The minimum absolute atomic E-state index is 0.00915. The van der Waals surface area contributed by atoms with Crippen molar-refractivity contribution in [2.75, 3.05) is 19.6 Å². The van der Waals surface area contributed by atoms with Gasteiger partial charge in [0.05, 0.1) is 0 Å². The summed E-state index contributed by atoms with van der Waals surface area (Å²) < 4.78 is 14.8. The quantitative estimate of drug-likeness (QED) is 0.671. The second-order valence-electron chi connectivity index (χ2n) is 8.74. The van der Waals surface area contributed by atoms with Crippen molar-refractivity contribution in [3.05, 3.63) is 69.9 Å². The highest BCUT2D eigenvalue weighted by atomic mass is 19.1. The summed E-state index contributed by atoms with van der Waals surface area (Å²) in [5.41, 5.74) is 1.99. The van der Waals surface area contributed by atoms with Crippen molar-refractivity contribution in [1.29, 1.82) is 0 Å². The number of hydrogen-bond donors (Lipinski definition) is 2. The molecular formula is C25H30FN3O5. The van der Waals surface area contributed by atoms with Crippen LogP contribution < -0.4 is 10.9 Å². The molecule has 0 spiro atoms. The molecule has 8 nitrogen and oxygen atoms in total. The summed E-state index contributed by atoms with van der Waals surface area (Å²) in [4.78, 5) is 47.7. The van der Waals surface area contributed by atoms with E-state index in [9.17, 15) is 18.8 Å². The number of likely N-dealkylation sites (tertiary alicyclic amines) is 1. The van der Waals surface area contributed by atoms with Gasteiger partial charge in [-0.2, -0.15) is 0 Å². The van der Waals surface area contributed by atoms with E-state index in [0.717, 1.165) is 24.6 Å². The van der Waals surface area contributed by atoms with Gasteiger partial charge in [0, 0.05) is 63.6 Å². The fraction of sp³-hybridized carbons (Fsp3) is 0.440. The number of amides is 2. The first-order chi connectivity index (χ1) is 16.2. The van der Waals surface area contributed by atoms with E-state index in [1.165, 1.54) is 12.1 Å². The summed E-state index contributed by atoms with van der Waals surface area (Å²) >= 11 is 0. The van der Waals surface area contributed by atoms with Gasteiger partial charge >= 0.3 is 0 Å². The molecule has 34 heavy (non-hydrogen) atoms. The first-order valence-corrected chi connectivity index (χ1v) is 11.4. The van der Waals surface area contributed by atoms with Crippen molar-refractivity contribution in [3.8, 4) is 0 Å². The maximum Gasteiger partial charge on any atom is 0.300 e. The Balaban J connectivity index is 0.000000751. The summed E-state index contributed by atoms with van der Waals surface area (Å²) in [6.45, 7) is 3.43. The van der Waals surface area contributed by atoms with E-state index in [1.54, 1.807) is 24.3 Å². The van der Waals surface area contributed by atoms with Crippen LogP contribution in [0.4, 0.5) is 4.39 Å². The number of hydrogen-bond acceptors (Lipinski definition) is 4. The van der Waals surface area contributed by atoms with Crippen LogP contribution in [0.3, 0.4) is 0 Å². The lowest BCUT2D eigenvalue weighted by molar-refractivity contribution is -0.136. The standard InChI is InChI=1S/C23H26FN3O3.C2H4O2/c24-19-6-4-16(5-7-19)10-11-25-21(28)8-9-22(29)26-13-17-12-18(15-26)20-2-1-3-23(30)27(20)14-17;1-2(3)4/h1-7,17-18H,8-15H2,(H,25,28);1H3,(H,3,4)/t17-,18+;/m0./s1. The fourth-order valence-corrected chi connectivity index (χ4v) is 4.56. The number of piperidine rings is 1. The lowest BCUT2D eigenvalue weighted by Gasteiger charge is -2.42. The number of benzene rings is 1. The molecule has 1 saturated heterocycles. The molecule has 0 radical (unpaired) electrons. The van der Waals surface area contributed by atoms with Crippen LogP contribution in [-0.4, -0.2) is 52.0 Å². The van der Waals surface area contributed by atoms with Crippen LogP contribution >= 0.6 is 0 Å². The molecule has 2 bridgehead atoms. The van der Waals surface area contributed by atoms with Gasteiger partial charge in [-0.1, -0.05) is 18.2 Å². The largest absolute Gasteiger partial charge is 0.481 e. The minimum Gasteiger partial charge on any atom is -0.481 e. The molecule has 1 aromatic carbocycles. The number of carboxylic acid groups (broad SMARTS) is 1. The number of rotatable bonds is 6. The molecule has 1 aromatic heterocycles. The molecule has 0 unspecified atom stereocenters. The number of halogens is 1. The second-order valence-corrected chi connectivity index (χ2v) is 8.74. The number of carbonyl (C=O) groups excluding carboxylic acids is 2. The van der Waals surface area contributed by atoms with Crippen LogP contribution in [-0.2, 0) is 27.3 Å². The van der Waals surface area contributed by atoms with E-state index in [1.807, 2.05) is 15.5 Å². The highest BCUT2D eigenvalue weighted by molar-refractivity contribution is 5.83. The zero-order valence-corrected chi connectivity index (χ0v) is 19.2. The summed E-state index contributed by atoms with van der Waals surface area (Å²) in [7, 11) is 0. The molecule has 0 aliphatic carbocycles. The Labute approximate surface area is 197 Å². The summed E-state index contributed by atoms with van der Waals surface area (Å²) in [6, 6.07) is 11.5. The number of carboxylic acids is 1. The Hall–Kier alpha value is -3.49. The van der Waals surface area contributed by atoms with Crippen molar-refractivity contribution in [1.82, 2.24) is 14.8 Å². The molecule has 1 fully saturated rings. The Morgan fingerprint density at radius 3 is 2.47 bits per heavy atom. The molecule has 2 aliphatic heterocycles. The van der Waals surface area contributed by atoms with Crippen LogP contribution in [0.2, 0.25) is 0 Å². The molecule has 9 heteroatoms. The van der Waals surface area contributed by atoms with Gasteiger partial charge in [-0.05, 0) is 42.5 Å². The van der Waals surface area contributed by atoms with Crippen LogP contribution in [0.15, 0.2) is 47.3 Å². The third-order valence-electron chi connectivity index (χ3n) is 6.05. The van der Waals surface area contributed by atoms with Gasteiger partial charge in [0.1, 0.15) is 5.82 Å². The van der Waals surface area contributed by atoms with Gasteiger partial charge in [0.25, 0.3) is 11.5 Å². The molecule has 2 amide bonds. The molecule has 2 atom stereocenters. The highest BCUT2D eigenvalue weighted by Crippen LogP contribution is 2.35. The number of aliphatic carboxylic acids is 1. The monoisotopic (exact) mass is 471 g/mol. The van der Waals surface area contributed by atoms with Gasteiger partial charge in [0.2, 0.25) is 11.8 Å². The van der Waals surface area contributed by atoms with Crippen molar-refractivity contribution >= 4 is 17.8 Å². The van der Waals surface area contributed by atoms with Crippen molar-refractivity contribution in [2.24, 2.45) is 5.92 Å². The predicted molar refractivity (Wildman–Crippen MR) is 124 cm³/mol. The van der Waals surface area contributed by atoms with Crippen molar-refractivity contribution in [2.45, 2.75) is 45.1 Å². The second kappa shape index (κ2) is 11.6. The normalized spacial score (nSPS) is 18.2. The van der Waals surface area contributed by atoms with Gasteiger partial charge in [-0.25, -0.2) is 4.39 Å². The summed E-state index contributed by atoms with van der Waals surface area (Å²) in [5, 5.41) is 10.2. The van der Waals surface area contributed by atoms with Crippen LogP contribution in [0.25, 0.3) is 0 Å². The van der Waals surface area contributed by atoms with E-state index < -0.39 is 5.97 Å². The number of nitrogens with zero attached hydrogens (tertiary/aromatic N) is 2. The number of nitrogens with one attached hydrogen (secondary N) is 1. The smallest absolute Gasteiger partial charge is 0.300 e. The predicted octanol–water partition coefficient (Wildman–Crippen LogP) is 2.16. The fourth-order valence-electron chi connectivity index (χ4n) is 4.56. The Kier molecular flexibility index (Phi) is 8.56. The van der Waals surface area contributed by atoms with Crippen LogP contribution in [0.5, 0.6) is 0 Å². The molecule has 2 N–H and O–H groups in total. The number of carbonyl (C=O) groups is 3. The number of fused-ring (bicyclic) bond motifs is 4. The van der Waals surface area contributed by atoms with Gasteiger partial charge in [-0.15, -0.1) is 0 Å². The van der Waals surface area contributed by atoms with Crippen LogP contribution in [0.1, 0.15) is 43.4 Å². The van der Waals surface area contributed by atoms with E-state index in [4.69, 9.17) is 9.90 Å². The Morgan fingerprint density at radius 2 is 1.76 bits per heavy atom. The average Bonchev–Trinajstić information content (AvgIpc) is 2.79. The molecule has 182 valence electrons. The molecule has 2 aliphatic rings. The third-order valence-corrected chi connectivity index (χ3v) is 6.05. The van der Waals surface area contributed by atoms with Crippen LogP contribution in [0, 0.1) is 11.7 Å². The van der Waals surface area contributed by atoms with E-state index in [-0.39, 0.29) is 47.9 Å². The first kappa shape index (κ1) is 25.1. The lowest BCUT2D eigenvalue weighted by atomic mass is 9.83. The van der Waals surface area contributed by atoms with Gasteiger partial charge in [0.15, 0.2) is 0 Å². The molecular weight excluding hydrogens is 441 g/mol. The Morgan fingerprint density at radius 1 is 1.06 bits per heavy atom. The topological polar surface area (TPSA) is 109 Å². The Bertz CT molecular complexity index is 1080. The van der Waals surface area contributed by atoms with Gasteiger partial charge in [-0.3, -0.25) is 19.2 Å². The number of pyridine rings is 1. The summed E-state index contributed by atoms with van der Waals surface area (Å²) in [5.74, 6) is -0.812. The zero-order chi connectivity index (χ0) is 24.7. The average molecular weight is 472 g/mol. The highest BCUT2D eigenvalue weighted by Gasteiger charge is 2.36. The van der Waals surface area contributed by atoms with E-state index in [2.05, 4.69) is 5.32 Å². The molecule has 0 saturated carbocycles. The van der Waals surface area contributed by atoms with Gasteiger partial charge < -0.3 is 19.9 Å². The van der Waals surface area contributed by atoms with E-state index in [0.29, 0.717) is 32.6 Å².